The highest BCUT2D eigenvalue weighted by Gasteiger charge is 2.38. The Hall–Kier alpha value is -3.68. The molecule has 32 heavy (non-hydrogen) atoms. The molecule has 0 aliphatic carbocycles. The first-order chi connectivity index (χ1) is 14.9. The molecule has 0 atom stereocenters. The van der Waals surface area contributed by atoms with E-state index >= 15 is 0 Å². The number of nitrogens with zero attached hydrogens (tertiary/aromatic N) is 4. The lowest BCUT2D eigenvalue weighted by molar-refractivity contribution is -0.192. The van der Waals surface area contributed by atoms with Crippen molar-refractivity contribution in [1.82, 2.24) is 20.2 Å². The van der Waals surface area contributed by atoms with Gasteiger partial charge < -0.3 is 15.3 Å². The van der Waals surface area contributed by atoms with Gasteiger partial charge in [-0.05, 0) is 49.9 Å². The molecule has 0 spiro atoms. The van der Waals surface area contributed by atoms with Crippen molar-refractivity contribution in [2.75, 3.05) is 20.6 Å². The minimum atomic E-state index is -5.08. The molecule has 0 fully saturated rings. The molecule has 0 bridgehead atoms. The minimum absolute atomic E-state index is 0.115. The standard InChI is InChI=1S/C19H23N5O.C2HF3O2/c1-13-7-8-15(10-14(13)2)17-11-16(22-18(12-20)23-17)6-5-9-24(4)19(25)21-3;3-2(4,5)1(6)7/h7-8,10-11H,5-6,9H2,1-4H3,(H,21,25);(H,6,7). The molecule has 2 N–H and O–H groups in total. The molecule has 2 aromatic rings. The van der Waals surface area contributed by atoms with E-state index < -0.39 is 12.1 Å². The maximum atomic E-state index is 11.5. The quantitative estimate of drug-likeness (QED) is 0.719. The molecular weight excluding hydrogens is 427 g/mol. The molecule has 8 nitrogen and oxygen atoms in total. The zero-order chi connectivity index (χ0) is 24.5. The molecule has 2 amide bonds. The number of aryl methyl sites for hydroxylation is 3. The SMILES string of the molecule is CNC(=O)N(C)CCCc1cc(-c2ccc(C)c(C)c2)nc(C#N)n1.O=C(O)C(F)(F)F. The number of urea groups is 1. The third-order valence-corrected chi connectivity index (χ3v) is 4.41. The fraction of sp³-hybridized carbons (Fsp3) is 0.381. The Morgan fingerprint density at radius 2 is 1.81 bits per heavy atom. The highest BCUT2D eigenvalue weighted by Crippen LogP contribution is 2.21. The largest absolute Gasteiger partial charge is 0.490 e. The Morgan fingerprint density at radius 3 is 2.31 bits per heavy atom. The summed E-state index contributed by atoms with van der Waals surface area (Å²) >= 11 is 0. The summed E-state index contributed by atoms with van der Waals surface area (Å²) < 4.78 is 31.7. The van der Waals surface area contributed by atoms with Gasteiger partial charge in [-0.1, -0.05) is 12.1 Å². The summed E-state index contributed by atoms with van der Waals surface area (Å²) in [6, 6.07) is 9.97. The molecular formula is C21H24F3N5O3. The lowest BCUT2D eigenvalue weighted by Crippen LogP contribution is -2.35. The number of benzene rings is 1. The van der Waals surface area contributed by atoms with Crippen LogP contribution in [0.1, 0.15) is 29.1 Å². The van der Waals surface area contributed by atoms with Gasteiger partial charge in [0.25, 0.3) is 0 Å². The Bertz CT molecular complexity index is 1000. The average Bonchev–Trinajstić information content (AvgIpc) is 2.74. The third kappa shape index (κ3) is 8.22. The van der Waals surface area contributed by atoms with Gasteiger partial charge in [0.15, 0.2) is 0 Å². The van der Waals surface area contributed by atoms with Crippen molar-refractivity contribution in [1.29, 1.82) is 5.26 Å². The fourth-order valence-corrected chi connectivity index (χ4v) is 2.51. The summed E-state index contributed by atoms with van der Waals surface area (Å²) in [6.07, 6.45) is -3.64. The molecule has 0 aliphatic heterocycles. The summed E-state index contributed by atoms with van der Waals surface area (Å²) in [5.41, 5.74) is 4.94. The van der Waals surface area contributed by atoms with Crippen LogP contribution in [0.2, 0.25) is 0 Å². The van der Waals surface area contributed by atoms with Crippen LogP contribution in [0.15, 0.2) is 24.3 Å². The molecule has 1 heterocycles. The number of nitrogens with one attached hydrogen (secondary N) is 1. The highest BCUT2D eigenvalue weighted by atomic mass is 19.4. The van der Waals surface area contributed by atoms with E-state index in [1.165, 1.54) is 11.1 Å². The van der Waals surface area contributed by atoms with Gasteiger partial charge in [0, 0.05) is 31.9 Å². The van der Waals surface area contributed by atoms with Crippen LogP contribution in [-0.4, -0.2) is 58.8 Å². The molecule has 172 valence electrons. The van der Waals surface area contributed by atoms with Crippen LogP contribution in [0.5, 0.6) is 0 Å². The first kappa shape index (κ1) is 26.4. The fourth-order valence-electron chi connectivity index (χ4n) is 2.51. The number of hydrogen-bond donors (Lipinski definition) is 2. The van der Waals surface area contributed by atoms with E-state index in [1.807, 2.05) is 18.2 Å². The summed E-state index contributed by atoms with van der Waals surface area (Å²) in [5, 5.41) is 18.9. The van der Waals surface area contributed by atoms with Crippen LogP contribution in [0.25, 0.3) is 11.3 Å². The van der Waals surface area contributed by atoms with E-state index in [0.29, 0.717) is 13.0 Å². The summed E-state index contributed by atoms with van der Waals surface area (Å²) in [7, 11) is 3.36. The predicted octanol–water partition coefficient (Wildman–Crippen LogP) is 3.47. The number of alkyl halides is 3. The lowest BCUT2D eigenvalue weighted by Gasteiger charge is -2.16. The van der Waals surface area contributed by atoms with Crippen LogP contribution in [0.3, 0.4) is 0 Å². The van der Waals surface area contributed by atoms with E-state index in [2.05, 4.69) is 41.3 Å². The Kier molecular flexibility index (Phi) is 9.59. The molecule has 0 aliphatic rings. The van der Waals surface area contributed by atoms with Crippen LogP contribution < -0.4 is 5.32 Å². The second-order valence-corrected chi connectivity index (χ2v) is 6.86. The third-order valence-electron chi connectivity index (χ3n) is 4.41. The van der Waals surface area contributed by atoms with E-state index in [0.717, 1.165) is 23.4 Å². The number of nitriles is 1. The molecule has 11 heteroatoms. The number of hydrogen-bond acceptors (Lipinski definition) is 5. The van der Waals surface area contributed by atoms with Gasteiger partial charge in [0.2, 0.25) is 5.82 Å². The van der Waals surface area contributed by atoms with Gasteiger partial charge in [0.1, 0.15) is 6.07 Å². The van der Waals surface area contributed by atoms with Crippen molar-refractivity contribution in [3.8, 4) is 17.3 Å². The van der Waals surface area contributed by atoms with Gasteiger partial charge in [-0.25, -0.2) is 19.6 Å². The molecule has 0 radical (unpaired) electrons. The van der Waals surface area contributed by atoms with Gasteiger partial charge in [0.05, 0.1) is 5.69 Å². The number of halogens is 3. The van der Waals surface area contributed by atoms with Gasteiger partial charge in [-0.2, -0.15) is 18.4 Å². The van der Waals surface area contributed by atoms with Crippen LogP contribution in [-0.2, 0) is 11.2 Å². The molecule has 0 saturated heterocycles. The molecule has 0 saturated carbocycles. The van der Waals surface area contributed by atoms with E-state index in [-0.39, 0.29) is 11.9 Å². The predicted molar refractivity (Wildman–Crippen MR) is 111 cm³/mol. The number of carboxylic acids is 1. The highest BCUT2D eigenvalue weighted by molar-refractivity contribution is 5.73. The number of aromatic nitrogens is 2. The van der Waals surface area contributed by atoms with Crippen molar-refractivity contribution >= 4 is 12.0 Å². The van der Waals surface area contributed by atoms with E-state index in [1.54, 1.807) is 19.0 Å². The zero-order valence-electron chi connectivity index (χ0n) is 18.1. The number of aliphatic carboxylic acids is 1. The first-order valence-electron chi connectivity index (χ1n) is 9.47. The van der Waals surface area contributed by atoms with Gasteiger partial charge in [-0.3, -0.25) is 0 Å². The number of carbonyl (C=O) groups excluding carboxylic acids is 1. The minimum Gasteiger partial charge on any atom is -0.475 e. The Morgan fingerprint density at radius 1 is 1.19 bits per heavy atom. The monoisotopic (exact) mass is 451 g/mol. The lowest BCUT2D eigenvalue weighted by atomic mass is 10.0. The van der Waals surface area contributed by atoms with Gasteiger partial charge >= 0.3 is 18.2 Å². The second-order valence-electron chi connectivity index (χ2n) is 6.86. The summed E-state index contributed by atoms with van der Waals surface area (Å²) in [5.74, 6) is -2.59. The second kappa shape index (κ2) is 11.6. The van der Waals surface area contributed by atoms with Gasteiger partial charge in [-0.15, -0.1) is 0 Å². The molecule has 1 aromatic carbocycles. The number of amides is 2. The topological polar surface area (TPSA) is 119 Å². The summed E-state index contributed by atoms with van der Waals surface area (Å²) in [6.45, 7) is 4.74. The number of carbonyl (C=O) groups is 2. The molecule has 2 rings (SSSR count). The smallest absolute Gasteiger partial charge is 0.475 e. The van der Waals surface area contributed by atoms with Crippen molar-refractivity contribution < 1.29 is 27.9 Å². The van der Waals surface area contributed by atoms with Crippen LogP contribution in [0, 0.1) is 25.2 Å². The van der Waals surface area contributed by atoms with Crippen molar-refractivity contribution in [2.24, 2.45) is 0 Å². The van der Waals surface area contributed by atoms with E-state index in [4.69, 9.17) is 9.90 Å². The maximum Gasteiger partial charge on any atom is 0.490 e. The van der Waals surface area contributed by atoms with Crippen LogP contribution >= 0.6 is 0 Å². The van der Waals surface area contributed by atoms with Crippen molar-refractivity contribution in [2.45, 2.75) is 32.9 Å². The summed E-state index contributed by atoms with van der Waals surface area (Å²) in [4.78, 5) is 30.6. The number of rotatable bonds is 5. The average molecular weight is 451 g/mol. The van der Waals surface area contributed by atoms with Crippen LogP contribution in [0.4, 0.5) is 18.0 Å². The number of carboxylic acid groups (broad SMARTS) is 1. The Labute approximate surface area is 183 Å². The Balaban J connectivity index is 0.000000633. The first-order valence-corrected chi connectivity index (χ1v) is 9.47. The van der Waals surface area contributed by atoms with Crippen molar-refractivity contribution in [3.63, 3.8) is 0 Å². The maximum absolute atomic E-state index is 11.5. The molecule has 1 aromatic heterocycles. The molecule has 0 unspecified atom stereocenters. The zero-order valence-corrected chi connectivity index (χ0v) is 18.1. The van der Waals surface area contributed by atoms with Crippen molar-refractivity contribution in [3.05, 3.63) is 46.9 Å². The van der Waals surface area contributed by atoms with E-state index in [9.17, 15) is 23.2 Å². The normalized spacial score (nSPS) is 10.4.